The Morgan fingerprint density at radius 2 is 1.97 bits per heavy atom. The largest absolute Gasteiger partial charge is 0.393 e. The van der Waals surface area contributed by atoms with Gasteiger partial charge in [-0.1, -0.05) is 18.1 Å². The van der Waals surface area contributed by atoms with Crippen molar-refractivity contribution < 1.29 is 39.1 Å². The fraction of sp³-hybridized carbons (Fsp3) is 0.765. The zero-order valence-corrected chi connectivity index (χ0v) is 19.3. The summed E-state index contributed by atoms with van der Waals surface area (Å²) in [6.45, 7) is -0.453. The third-order valence-corrected chi connectivity index (χ3v) is 7.71. The van der Waals surface area contributed by atoms with Gasteiger partial charge in [0.2, 0.25) is 5.28 Å². The molecule has 0 amide bonds. The summed E-state index contributed by atoms with van der Waals surface area (Å²) in [5, 5.41) is 39.5. The number of aromatic nitrogens is 5. The molecule has 2 aliphatic rings. The first-order valence-electron chi connectivity index (χ1n) is 10.4. The van der Waals surface area contributed by atoms with Crippen LogP contribution in [0.25, 0.3) is 11.2 Å². The number of halogens is 1. The Morgan fingerprint density at radius 3 is 2.61 bits per heavy atom. The molecule has 4 rings (SSSR count). The summed E-state index contributed by atoms with van der Waals surface area (Å²) in [4.78, 5) is 27.2. The fourth-order valence-electron chi connectivity index (χ4n) is 3.89. The van der Waals surface area contributed by atoms with Crippen LogP contribution in [-0.4, -0.2) is 93.0 Å². The zero-order valence-electron chi connectivity index (χ0n) is 17.7. The Labute approximate surface area is 193 Å². The van der Waals surface area contributed by atoms with Crippen LogP contribution in [0.4, 0.5) is 5.82 Å². The van der Waals surface area contributed by atoms with Crippen molar-refractivity contribution in [2.24, 2.45) is 0 Å². The van der Waals surface area contributed by atoms with Crippen LogP contribution in [0.1, 0.15) is 38.8 Å². The van der Waals surface area contributed by atoms with Gasteiger partial charge in [-0.05, 0) is 31.4 Å². The van der Waals surface area contributed by atoms with E-state index in [4.69, 9.17) is 21.1 Å². The molecule has 0 bridgehead atoms. The quantitative estimate of drug-likeness (QED) is 0.201. The van der Waals surface area contributed by atoms with E-state index >= 15 is 0 Å². The number of aliphatic hydroxyl groups excluding tert-OH is 3. The Hall–Kier alpha value is -1.48. The third-order valence-electron chi connectivity index (χ3n) is 6.04. The number of fused-ring (bicyclic) bond motifs is 1. The van der Waals surface area contributed by atoms with Crippen LogP contribution in [0.15, 0.2) is 0 Å². The molecule has 3 heterocycles. The van der Waals surface area contributed by atoms with Crippen molar-refractivity contribution in [2.45, 2.75) is 68.5 Å². The molecule has 1 unspecified atom stereocenters. The molecule has 33 heavy (non-hydrogen) atoms. The Bertz CT molecular complexity index is 1050. The number of aliphatic hydroxyl groups is 3. The minimum absolute atomic E-state index is 0.0696. The lowest BCUT2D eigenvalue weighted by atomic mass is 10.1. The van der Waals surface area contributed by atoms with E-state index in [0.29, 0.717) is 11.3 Å². The van der Waals surface area contributed by atoms with Gasteiger partial charge in [0.05, 0.1) is 13.2 Å². The summed E-state index contributed by atoms with van der Waals surface area (Å²) in [6, 6.07) is 0.218. The summed E-state index contributed by atoms with van der Waals surface area (Å²) < 4.78 is 23.7. The van der Waals surface area contributed by atoms with Gasteiger partial charge in [-0.25, -0.2) is 0 Å². The summed E-state index contributed by atoms with van der Waals surface area (Å²) in [5.74, 6) is 0.399. The average molecular weight is 509 g/mol. The van der Waals surface area contributed by atoms with Crippen LogP contribution in [0.3, 0.4) is 0 Å². The first-order chi connectivity index (χ1) is 15.5. The number of hydrogen-bond donors (Lipinski definition) is 6. The van der Waals surface area contributed by atoms with Crippen molar-refractivity contribution in [1.82, 2.24) is 25.0 Å². The summed E-state index contributed by atoms with van der Waals surface area (Å²) in [7, 11) is -4.84. The summed E-state index contributed by atoms with van der Waals surface area (Å²) in [5.41, 5.74) is 0.481. The monoisotopic (exact) mass is 508 g/mol. The Morgan fingerprint density at radius 1 is 1.27 bits per heavy atom. The van der Waals surface area contributed by atoms with E-state index in [1.165, 1.54) is 0 Å². The highest BCUT2D eigenvalue weighted by molar-refractivity contribution is 7.53. The second kappa shape index (κ2) is 9.29. The fourth-order valence-corrected chi connectivity index (χ4v) is 4.48. The maximum absolute atomic E-state index is 11.6. The van der Waals surface area contributed by atoms with Crippen molar-refractivity contribution in [1.29, 1.82) is 0 Å². The average Bonchev–Trinajstić information content (AvgIpc) is 3.47. The maximum Gasteiger partial charge on any atom is 0.359 e. The van der Waals surface area contributed by atoms with Crippen LogP contribution in [0, 0.1) is 0 Å². The van der Waals surface area contributed by atoms with E-state index in [1.807, 2.05) is 0 Å². The van der Waals surface area contributed by atoms with Crippen molar-refractivity contribution in [3.8, 4) is 0 Å². The second-order valence-corrected chi connectivity index (χ2v) is 10.8. The molecule has 5 atom stereocenters. The van der Waals surface area contributed by atoms with E-state index in [2.05, 4.69) is 25.6 Å². The minimum atomic E-state index is -4.84. The molecule has 2 fully saturated rings. The molecule has 0 spiro atoms. The topological polar surface area (TPSA) is 205 Å². The highest BCUT2D eigenvalue weighted by Crippen LogP contribution is 2.51. The highest BCUT2D eigenvalue weighted by Gasteiger charge is 2.49. The summed E-state index contributed by atoms with van der Waals surface area (Å²) >= 11 is 6.10. The molecule has 16 heteroatoms. The first kappa shape index (κ1) is 24.6. The highest BCUT2D eigenvalue weighted by atomic mass is 35.5. The molecule has 184 valence electrons. The lowest BCUT2D eigenvalue weighted by Gasteiger charge is -2.29. The van der Waals surface area contributed by atoms with Gasteiger partial charge in [-0.15, -0.1) is 5.10 Å². The number of nitrogens with zero attached hydrogens (tertiary/aromatic N) is 5. The third kappa shape index (κ3) is 4.72. The molecule has 1 saturated heterocycles. The molecule has 1 aliphatic heterocycles. The van der Waals surface area contributed by atoms with Crippen molar-refractivity contribution in [3.63, 3.8) is 0 Å². The van der Waals surface area contributed by atoms with Crippen LogP contribution in [-0.2, 0) is 14.0 Å². The molecule has 2 aromatic rings. The Kier molecular flexibility index (Phi) is 6.93. The van der Waals surface area contributed by atoms with Gasteiger partial charge in [0.25, 0.3) is 0 Å². The molecule has 6 N–H and O–H groups in total. The van der Waals surface area contributed by atoms with Gasteiger partial charge < -0.3 is 39.9 Å². The smallest absolute Gasteiger partial charge is 0.359 e. The number of rotatable bonds is 8. The minimum Gasteiger partial charge on any atom is -0.393 e. The van der Waals surface area contributed by atoms with Crippen LogP contribution < -0.4 is 5.32 Å². The van der Waals surface area contributed by atoms with E-state index in [-0.39, 0.29) is 17.0 Å². The SMILES string of the molecule is CC(CO)(OC[C@H]1O[C@@H](n2nnc3c(NC4CCCC4)nc(Cl)nc32)[C@H](O)[C@@H]1O)P(=O)(O)O. The van der Waals surface area contributed by atoms with Gasteiger partial charge in [-0.2, -0.15) is 14.6 Å². The number of nitrogens with one attached hydrogen (secondary N) is 1. The lowest BCUT2D eigenvalue weighted by molar-refractivity contribution is -0.104. The standard InChI is InChI=1S/C17H26ClN6O8P/c1-17(7-25,33(28,29)30)31-6-9-11(26)12(27)15(32-9)24-14-10(22-23-24)13(20-16(18)21-14)19-8-4-2-3-5-8/h8-9,11-12,15,25-27H,2-7H2,1H3,(H,19,20,21)(H2,28,29,30)/t9-,11-,12-,15-,17?/m1/s1. The molecular formula is C17H26ClN6O8P. The normalized spacial score (nSPS) is 28.5. The van der Waals surface area contributed by atoms with Crippen molar-refractivity contribution in [3.05, 3.63) is 5.28 Å². The predicted octanol–water partition coefficient (Wildman–Crippen LogP) is -0.249. The van der Waals surface area contributed by atoms with E-state index in [9.17, 15) is 29.7 Å². The molecule has 0 radical (unpaired) electrons. The van der Waals surface area contributed by atoms with Crippen LogP contribution >= 0.6 is 19.2 Å². The van der Waals surface area contributed by atoms with E-state index in [1.54, 1.807) is 0 Å². The molecular weight excluding hydrogens is 483 g/mol. The summed E-state index contributed by atoms with van der Waals surface area (Å²) in [6.07, 6.45) is -1.22. The van der Waals surface area contributed by atoms with Gasteiger partial charge in [0, 0.05) is 6.04 Å². The van der Waals surface area contributed by atoms with Crippen LogP contribution in [0.5, 0.6) is 0 Å². The zero-order chi connectivity index (χ0) is 24.0. The maximum atomic E-state index is 11.6. The lowest BCUT2D eigenvalue weighted by Crippen LogP contribution is -2.39. The number of anilines is 1. The second-order valence-electron chi connectivity index (χ2n) is 8.41. The van der Waals surface area contributed by atoms with Gasteiger partial charge >= 0.3 is 7.60 Å². The van der Waals surface area contributed by atoms with Crippen LogP contribution in [0.2, 0.25) is 5.28 Å². The molecule has 0 aromatic carbocycles. The number of hydrogen-bond acceptors (Lipinski definition) is 11. The van der Waals surface area contributed by atoms with Gasteiger partial charge in [0.1, 0.15) is 18.3 Å². The van der Waals surface area contributed by atoms with Crippen molar-refractivity contribution in [2.75, 3.05) is 18.5 Å². The van der Waals surface area contributed by atoms with Crippen molar-refractivity contribution >= 4 is 36.2 Å². The van der Waals surface area contributed by atoms with Gasteiger partial charge in [0.15, 0.2) is 28.6 Å². The Balaban J connectivity index is 1.56. The molecule has 14 nitrogen and oxygen atoms in total. The predicted molar refractivity (Wildman–Crippen MR) is 113 cm³/mol. The molecule has 1 saturated carbocycles. The molecule has 1 aliphatic carbocycles. The van der Waals surface area contributed by atoms with E-state index < -0.39 is 50.7 Å². The number of ether oxygens (including phenoxy) is 2. The molecule has 2 aromatic heterocycles. The first-order valence-corrected chi connectivity index (χ1v) is 12.4. The van der Waals surface area contributed by atoms with Gasteiger partial charge in [-0.3, -0.25) is 4.57 Å². The van der Waals surface area contributed by atoms with E-state index in [0.717, 1.165) is 37.3 Å².